The zero-order valence-corrected chi connectivity index (χ0v) is 12.4. The number of carbonyl (C=O) groups excluding carboxylic acids is 1. The second-order valence-electron chi connectivity index (χ2n) is 4.92. The van der Waals surface area contributed by atoms with Crippen molar-refractivity contribution < 1.29 is 9.90 Å². The minimum Gasteiger partial charge on any atom is -0.375 e. The van der Waals surface area contributed by atoms with Crippen LogP contribution in [-0.4, -0.2) is 16.0 Å². The summed E-state index contributed by atoms with van der Waals surface area (Å²) in [4.78, 5) is 16.5. The van der Waals surface area contributed by atoms with Crippen LogP contribution in [0.3, 0.4) is 0 Å². The van der Waals surface area contributed by atoms with Crippen LogP contribution in [0.1, 0.15) is 17.0 Å². The first kappa shape index (κ1) is 13.3. The lowest BCUT2D eigenvalue weighted by atomic mass is 9.90. The van der Waals surface area contributed by atoms with Gasteiger partial charge in [-0.15, -0.1) is 0 Å². The van der Waals surface area contributed by atoms with Gasteiger partial charge in [0.25, 0.3) is 5.91 Å². The van der Waals surface area contributed by atoms with Crippen molar-refractivity contribution in [3.05, 3.63) is 57.8 Å². The van der Waals surface area contributed by atoms with Gasteiger partial charge in [-0.25, -0.2) is 0 Å². The first-order chi connectivity index (χ1) is 9.50. The summed E-state index contributed by atoms with van der Waals surface area (Å²) in [7, 11) is 0. The number of aryl methyl sites for hydroxylation is 1. The maximum atomic E-state index is 12.2. The third-order valence-electron chi connectivity index (χ3n) is 3.46. The summed E-state index contributed by atoms with van der Waals surface area (Å²) in [6.07, 6.45) is 0.157. The van der Waals surface area contributed by atoms with Crippen molar-refractivity contribution in [1.82, 2.24) is 4.98 Å². The van der Waals surface area contributed by atoms with Crippen LogP contribution in [0.2, 0.25) is 0 Å². The number of nitrogens with one attached hydrogen (secondary N) is 1. The fourth-order valence-electron chi connectivity index (χ4n) is 2.47. The smallest absolute Gasteiger partial charge is 0.261 e. The van der Waals surface area contributed by atoms with Gasteiger partial charge in [-0.2, -0.15) is 0 Å². The second-order valence-corrected chi connectivity index (χ2v) is 5.78. The number of hydrogen-bond acceptors (Lipinski definition) is 3. The van der Waals surface area contributed by atoms with E-state index in [9.17, 15) is 9.90 Å². The van der Waals surface area contributed by atoms with Crippen molar-refractivity contribution in [2.24, 2.45) is 0 Å². The van der Waals surface area contributed by atoms with Gasteiger partial charge in [0.2, 0.25) is 0 Å². The number of amides is 1. The number of benzene rings is 1. The van der Waals surface area contributed by atoms with E-state index >= 15 is 0 Å². The average Bonchev–Trinajstić information content (AvgIpc) is 2.64. The molecule has 2 heterocycles. The van der Waals surface area contributed by atoms with Crippen molar-refractivity contribution in [1.29, 1.82) is 0 Å². The molecular weight excluding hydrogens is 320 g/mol. The van der Waals surface area contributed by atoms with E-state index in [1.54, 1.807) is 12.1 Å². The lowest BCUT2D eigenvalue weighted by Crippen LogP contribution is -2.36. The molecule has 0 aliphatic carbocycles. The third-order valence-corrected chi connectivity index (χ3v) is 4.12. The van der Waals surface area contributed by atoms with Crippen LogP contribution in [0.4, 0.5) is 5.69 Å². The maximum Gasteiger partial charge on any atom is 0.261 e. The van der Waals surface area contributed by atoms with E-state index in [0.29, 0.717) is 16.9 Å². The highest BCUT2D eigenvalue weighted by molar-refractivity contribution is 9.10. The number of fused-ring (bicyclic) bond motifs is 1. The van der Waals surface area contributed by atoms with Gasteiger partial charge in [0, 0.05) is 27.8 Å². The van der Waals surface area contributed by atoms with Crippen LogP contribution in [0.5, 0.6) is 0 Å². The molecule has 2 N–H and O–H groups in total. The molecule has 1 atom stereocenters. The van der Waals surface area contributed by atoms with Gasteiger partial charge in [0.15, 0.2) is 5.60 Å². The van der Waals surface area contributed by atoms with Crippen molar-refractivity contribution in [2.75, 3.05) is 5.32 Å². The SMILES string of the molecule is Cc1cccc(CC2(O)C(=O)Nc3c(Br)cccc32)n1. The molecule has 1 aliphatic rings. The lowest BCUT2D eigenvalue weighted by Gasteiger charge is -2.20. The monoisotopic (exact) mass is 332 g/mol. The molecule has 0 spiro atoms. The summed E-state index contributed by atoms with van der Waals surface area (Å²) in [6.45, 7) is 1.88. The van der Waals surface area contributed by atoms with E-state index in [4.69, 9.17) is 0 Å². The number of para-hydroxylation sites is 1. The second kappa shape index (κ2) is 4.68. The van der Waals surface area contributed by atoms with Crippen LogP contribution in [0.25, 0.3) is 0 Å². The van der Waals surface area contributed by atoms with Crippen LogP contribution in [0, 0.1) is 6.92 Å². The molecule has 1 aromatic carbocycles. The maximum absolute atomic E-state index is 12.2. The molecule has 20 heavy (non-hydrogen) atoms. The molecule has 2 aromatic rings. The fraction of sp³-hybridized carbons (Fsp3) is 0.200. The van der Waals surface area contributed by atoms with Gasteiger partial charge in [-0.3, -0.25) is 9.78 Å². The number of halogens is 1. The Morgan fingerprint density at radius 2 is 2.05 bits per heavy atom. The number of carbonyl (C=O) groups is 1. The topological polar surface area (TPSA) is 62.2 Å². The van der Waals surface area contributed by atoms with Gasteiger partial charge in [-0.1, -0.05) is 18.2 Å². The number of nitrogens with zero attached hydrogens (tertiary/aromatic N) is 1. The quantitative estimate of drug-likeness (QED) is 0.888. The molecule has 3 rings (SSSR count). The molecule has 0 bridgehead atoms. The van der Waals surface area contributed by atoms with Gasteiger partial charge >= 0.3 is 0 Å². The standard InChI is InChI=1S/C15H13BrN2O2/c1-9-4-2-5-10(17-9)8-15(20)11-6-3-7-12(16)13(11)18-14(15)19/h2-7,20H,8H2,1H3,(H,18,19). The summed E-state index contributed by atoms with van der Waals surface area (Å²) >= 11 is 3.38. The molecule has 4 nitrogen and oxygen atoms in total. The Morgan fingerprint density at radius 3 is 2.80 bits per heavy atom. The molecule has 0 saturated carbocycles. The Hall–Kier alpha value is -1.72. The molecule has 5 heteroatoms. The number of pyridine rings is 1. The summed E-state index contributed by atoms with van der Waals surface area (Å²) in [6, 6.07) is 11.0. The number of aliphatic hydroxyl groups is 1. The normalized spacial score (nSPS) is 20.6. The molecule has 0 radical (unpaired) electrons. The van der Waals surface area contributed by atoms with E-state index < -0.39 is 11.5 Å². The molecule has 1 unspecified atom stereocenters. The minimum absolute atomic E-state index is 0.157. The minimum atomic E-state index is -1.57. The van der Waals surface area contributed by atoms with E-state index in [-0.39, 0.29) is 6.42 Å². The number of rotatable bonds is 2. The van der Waals surface area contributed by atoms with Crippen molar-refractivity contribution in [3.63, 3.8) is 0 Å². The first-order valence-electron chi connectivity index (χ1n) is 6.26. The molecule has 1 amide bonds. The van der Waals surface area contributed by atoms with E-state index in [1.807, 2.05) is 31.2 Å². The van der Waals surface area contributed by atoms with Crippen molar-refractivity contribution >= 4 is 27.5 Å². The van der Waals surface area contributed by atoms with Crippen molar-refractivity contribution in [2.45, 2.75) is 18.9 Å². The number of anilines is 1. The zero-order valence-electron chi connectivity index (χ0n) is 10.9. The predicted molar refractivity (Wildman–Crippen MR) is 79.3 cm³/mol. The van der Waals surface area contributed by atoms with E-state index in [0.717, 1.165) is 10.2 Å². The molecular formula is C15H13BrN2O2. The highest BCUT2D eigenvalue weighted by atomic mass is 79.9. The van der Waals surface area contributed by atoms with E-state index in [1.165, 1.54) is 0 Å². The predicted octanol–water partition coefficient (Wildman–Crippen LogP) is 2.53. The lowest BCUT2D eigenvalue weighted by molar-refractivity contribution is -0.133. The van der Waals surface area contributed by atoms with Gasteiger partial charge in [0.1, 0.15) is 0 Å². The molecule has 1 aromatic heterocycles. The van der Waals surface area contributed by atoms with Gasteiger partial charge < -0.3 is 10.4 Å². The molecule has 102 valence electrons. The molecule has 1 aliphatic heterocycles. The third kappa shape index (κ3) is 2.03. The average molecular weight is 333 g/mol. The summed E-state index contributed by atoms with van der Waals surface area (Å²) < 4.78 is 0.761. The van der Waals surface area contributed by atoms with Crippen LogP contribution in [0.15, 0.2) is 40.9 Å². The summed E-state index contributed by atoms with van der Waals surface area (Å²) in [5, 5.41) is 13.5. The summed E-state index contributed by atoms with van der Waals surface area (Å²) in [5.74, 6) is -0.414. The van der Waals surface area contributed by atoms with Crippen LogP contribution < -0.4 is 5.32 Å². The number of aromatic nitrogens is 1. The fourth-order valence-corrected chi connectivity index (χ4v) is 2.94. The Labute approximate surface area is 125 Å². The zero-order chi connectivity index (χ0) is 14.3. The molecule has 0 fully saturated rings. The first-order valence-corrected chi connectivity index (χ1v) is 7.05. The Morgan fingerprint density at radius 1 is 1.30 bits per heavy atom. The van der Waals surface area contributed by atoms with Crippen molar-refractivity contribution in [3.8, 4) is 0 Å². The highest BCUT2D eigenvalue weighted by Gasteiger charge is 2.46. The highest BCUT2D eigenvalue weighted by Crippen LogP contribution is 2.41. The Bertz CT molecular complexity index is 702. The Kier molecular flexibility index (Phi) is 3.11. The van der Waals surface area contributed by atoms with Gasteiger partial charge in [-0.05, 0) is 41.1 Å². The van der Waals surface area contributed by atoms with E-state index in [2.05, 4.69) is 26.2 Å². The largest absolute Gasteiger partial charge is 0.375 e. The van der Waals surface area contributed by atoms with Crippen LogP contribution >= 0.6 is 15.9 Å². The molecule has 0 saturated heterocycles. The number of hydrogen-bond donors (Lipinski definition) is 2. The Balaban J connectivity index is 2.05. The van der Waals surface area contributed by atoms with Gasteiger partial charge in [0.05, 0.1) is 5.69 Å². The summed E-state index contributed by atoms with van der Waals surface area (Å²) in [5.41, 5.74) is 1.20. The van der Waals surface area contributed by atoms with Crippen LogP contribution in [-0.2, 0) is 16.8 Å².